The molecule has 1 fully saturated rings. The maximum Gasteiger partial charge on any atom is 0.250 e. The van der Waals surface area contributed by atoms with Gasteiger partial charge >= 0.3 is 0 Å². The number of aryl methyl sites for hydroxylation is 1. The van der Waals surface area contributed by atoms with E-state index in [0.29, 0.717) is 41.0 Å². The highest BCUT2D eigenvalue weighted by Gasteiger charge is 2.37. The first-order chi connectivity index (χ1) is 14.3. The Bertz CT molecular complexity index is 1160. The predicted molar refractivity (Wildman–Crippen MR) is 113 cm³/mol. The molecule has 3 aliphatic rings. The summed E-state index contributed by atoms with van der Waals surface area (Å²) in [7, 11) is 0. The van der Waals surface area contributed by atoms with Crippen LogP contribution >= 0.6 is 0 Å². The van der Waals surface area contributed by atoms with Crippen LogP contribution in [0.5, 0.6) is 11.5 Å². The third-order valence-electron chi connectivity index (χ3n) is 6.59. The summed E-state index contributed by atoms with van der Waals surface area (Å²) in [5.74, 6) is 1.62. The fraction of sp³-hybridized carbons (Fsp3) is 0.417. The van der Waals surface area contributed by atoms with Gasteiger partial charge < -0.3 is 14.4 Å². The van der Waals surface area contributed by atoms with Crippen LogP contribution in [0.25, 0.3) is 0 Å². The number of rotatable bonds is 2. The van der Waals surface area contributed by atoms with E-state index in [4.69, 9.17) is 4.74 Å². The lowest BCUT2D eigenvalue weighted by Gasteiger charge is -2.43. The van der Waals surface area contributed by atoms with Gasteiger partial charge in [-0.3, -0.25) is 14.5 Å². The summed E-state index contributed by atoms with van der Waals surface area (Å²) in [6.07, 6.45) is 1.08. The molecule has 30 heavy (non-hydrogen) atoms. The van der Waals surface area contributed by atoms with Crippen molar-refractivity contribution in [2.24, 2.45) is 5.92 Å². The second-order valence-electron chi connectivity index (χ2n) is 9.05. The molecular formula is C24H26N2O4. The number of pyridine rings is 1. The Balaban J connectivity index is 1.48. The van der Waals surface area contributed by atoms with E-state index in [0.717, 1.165) is 42.9 Å². The molecular weight excluding hydrogens is 380 g/mol. The Hall–Kier alpha value is -2.86. The van der Waals surface area contributed by atoms with Gasteiger partial charge in [-0.1, -0.05) is 6.07 Å². The average molecular weight is 406 g/mol. The molecule has 2 atom stereocenters. The molecule has 2 aromatic rings. The highest BCUT2D eigenvalue weighted by atomic mass is 16.5. The number of Topliss-reactive ketones (excluding diaryl/α,β-unsaturated/α-hetero) is 1. The van der Waals surface area contributed by atoms with Gasteiger partial charge in [-0.2, -0.15) is 0 Å². The number of nitrogens with zero attached hydrogens (tertiary/aromatic N) is 2. The number of aromatic nitrogens is 1. The molecule has 6 heteroatoms. The Kier molecular flexibility index (Phi) is 4.36. The number of hydrogen-bond donors (Lipinski definition) is 1. The number of benzene rings is 1. The van der Waals surface area contributed by atoms with Crippen molar-refractivity contribution in [2.75, 3.05) is 13.1 Å². The number of carbonyl (C=O) groups excluding carboxylic acids is 1. The van der Waals surface area contributed by atoms with Crippen LogP contribution in [0.3, 0.4) is 0 Å². The molecule has 1 aromatic heterocycles. The first kappa shape index (κ1) is 19.1. The molecule has 0 saturated carbocycles. The van der Waals surface area contributed by atoms with Crippen LogP contribution in [0.15, 0.2) is 40.4 Å². The minimum absolute atomic E-state index is 0.0748. The fourth-order valence-corrected chi connectivity index (χ4v) is 5.30. The molecule has 1 saturated heterocycles. The van der Waals surface area contributed by atoms with Gasteiger partial charge in [0.05, 0.1) is 11.1 Å². The highest BCUT2D eigenvalue weighted by molar-refractivity contribution is 6.14. The van der Waals surface area contributed by atoms with E-state index in [-0.39, 0.29) is 17.1 Å². The van der Waals surface area contributed by atoms with Crippen molar-refractivity contribution in [3.63, 3.8) is 0 Å². The van der Waals surface area contributed by atoms with Gasteiger partial charge in [-0.05, 0) is 56.4 Å². The summed E-state index contributed by atoms with van der Waals surface area (Å²) >= 11 is 0. The lowest BCUT2D eigenvalue weighted by atomic mass is 9.83. The van der Waals surface area contributed by atoms with Crippen LogP contribution in [0, 0.1) is 12.8 Å². The van der Waals surface area contributed by atoms with E-state index in [1.54, 1.807) is 12.1 Å². The lowest BCUT2D eigenvalue weighted by molar-refractivity contribution is 0.101. The number of allylic oxidation sites excluding steroid dienone is 2. The molecule has 0 radical (unpaired) electrons. The largest absolute Gasteiger partial charge is 0.507 e. The van der Waals surface area contributed by atoms with Crippen LogP contribution < -0.4 is 10.3 Å². The van der Waals surface area contributed by atoms with Crippen molar-refractivity contribution >= 4 is 5.78 Å². The summed E-state index contributed by atoms with van der Waals surface area (Å²) in [6.45, 7) is 8.46. The number of ether oxygens (including phenoxy) is 1. The van der Waals surface area contributed by atoms with E-state index in [2.05, 4.69) is 11.0 Å². The number of phenolic OH excluding ortho intramolecular Hbond substituents is 1. The topological polar surface area (TPSA) is 71.8 Å². The monoisotopic (exact) mass is 406 g/mol. The molecule has 2 bridgehead atoms. The van der Waals surface area contributed by atoms with E-state index < -0.39 is 0 Å². The second-order valence-corrected chi connectivity index (χ2v) is 9.05. The Morgan fingerprint density at radius 3 is 2.77 bits per heavy atom. The van der Waals surface area contributed by atoms with Crippen molar-refractivity contribution in [3.05, 3.63) is 68.3 Å². The SMILES string of the molecule is CC(C)=C1Oc2c(CN3C[C@H]4C[C@@H](C3)c3cccc(=O)n3C4)c(O)cc(C)c2C1=O. The quantitative estimate of drug-likeness (QED) is 0.775. The van der Waals surface area contributed by atoms with E-state index >= 15 is 0 Å². The minimum Gasteiger partial charge on any atom is -0.507 e. The number of aromatic hydroxyl groups is 1. The molecule has 4 heterocycles. The Morgan fingerprint density at radius 2 is 2.00 bits per heavy atom. The summed E-state index contributed by atoms with van der Waals surface area (Å²) < 4.78 is 7.90. The molecule has 0 unspecified atom stereocenters. The van der Waals surface area contributed by atoms with Crippen LogP contribution in [0.1, 0.15) is 53.4 Å². The van der Waals surface area contributed by atoms with Gasteiger partial charge in [0.15, 0.2) is 5.76 Å². The molecule has 1 aromatic carbocycles. The summed E-state index contributed by atoms with van der Waals surface area (Å²) in [5.41, 5.74) is 3.97. The van der Waals surface area contributed by atoms with E-state index in [9.17, 15) is 14.7 Å². The fourth-order valence-electron chi connectivity index (χ4n) is 5.30. The maximum absolute atomic E-state index is 12.8. The van der Waals surface area contributed by atoms with Crippen LogP contribution in [0.4, 0.5) is 0 Å². The second kappa shape index (κ2) is 6.84. The van der Waals surface area contributed by atoms with Crippen molar-refractivity contribution in [3.8, 4) is 11.5 Å². The van der Waals surface area contributed by atoms with Gasteiger partial charge in [0.25, 0.3) is 5.56 Å². The number of carbonyl (C=O) groups is 1. The molecule has 156 valence electrons. The third kappa shape index (κ3) is 2.89. The standard InChI is InChI=1S/C24H26N2O4/c1-13(2)23-22(29)21-14(3)7-19(27)17(24(21)30-23)12-25-9-15-8-16(11-25)18-5-4-6-20(28)26(18)10-15/h4-7,15-16,27H,8-12H2,1-3H3/t15-,16+/m1/s1. The normalized spacial score (nSPS) is 22.5. The van der Waals surface area contributed by atoms with Crippen molar-refractivity contribution in [2.45, 2.75) is 46.2 Å². The number of ketones is 1. The summed E-state index contributed by atoms with van der Waals surface area (Å²) in [4.78, 5) is 27.4. The molecule has 0 aliphatic carbocycles. The summed E-state index contributed by atoms with van der Waals surface area (Å²) in [6, 6.07) is 7.19. The number of fused-ring (bicyclic) bond motifs is 5. The molecule has 1 N–H and O–H groups in total. The average Bonchev–Trinajstić information content (AvgIpc) is 3.04. The van der Waals surface area contributed by atoms with Gasteiger partial charge in [0.1, 0.15) is 11.5 Å². The Morgan fingerprint density at radius 1 is 1.20 bits per heavy atom. The lowest BCUT2D eigenvalue weighted by Crippen LogP contribution is -2.46. The zero-order valence-electron chi connectivity index (χ0n) is 17.6. The first-order valence-corrected chi connectivity index (χ1v) is 10.5. The van der Waals surface area contributed by atoms with E-state index in [1.165, 1.54) is 0 Å². The highest BCUT2D eigenvalue weighted by Crippen LogP contribution is 2.44. The van der Waals surface area contributed by atoms with Gasteiger partial charge in [-0.25, -0.2) is 0 Å². The zero-order chi connectivity index (χ0) is 21.2. The number of phenols is 1. The van der Waals surface area contributed by atoms with Crippen molar-refractivity contribution < 1.29 is 14.6 Å². The number of hydrogen-bond acceptors (Lipinski definition) is 5. The van der Waals surface area contributed by atoms with Crippen molar-refractivity contribution in [1.29, 1.82) is 0 Å². The zero-order valence-corrected chi connectivity index (χ0v) is 17.6. The van der Waals surface area contributed by atoms with Crippen molar-refractivity contribution in [1.82, 2.24) is 9.47 Å². The number of piperidine rings is 1. The third-order valence-corrected chi connectivity index (χ3v) is 6.59. The van der Waals surface area contributed by atoms with Gasteiger partial charge in [-0.15, -0.1) is 0 Å². The summed E-state index contributed by atoms with van der Waals surface area (Å²) in [5, 5.41) is 10.7. The van der Waals surface area contributed by atoms with Crippen LogP contribution in [0.2, 0.25) is 0 Å². The Labute approximate surface area is 175 Å². The molecule has 5 rings (SSSR count). The predicted octanol–water partition coefficient (Wildman–Crippen LogP) is 3.35. The molecule has 3 aliphatic heterocycles. The maximum atomic E-state index is 12.8. The van der Waals surface area contributed by atoms with Gasteiger partial charge in [0, 0.05) is 43.9 Å². The smallest absolute Gasteiger partial charge is 0.250 e. The first-order valence-electron chi connectivity index (χ1n) is 10.5. The van der Waals surface area contributed by atoms with Crippen LogP contribution in [-0.2, 0) is 13.1 Å². The van der Waals surface area contributed by atoms with Gasteiger partial charge in [0.2, 0.25) is 5.78 Å². The van der Waals surface area contributed by atoms with Crippen LogP contribution in [-0.4, -0.2) is 33.4 Å². The molecule has 0 amide bonds. The molecule has 0 spiro atoms. The molecule has 6 nitrogen and oxygen atoms in total. The number of likely N-dealkylation sites (tertiary alicyclic amines) is 1. The minimum atomic E-state index is -0.104. The van der Waals surface area contributed by atoms with E-state index in [1.807, 2.05) is 31.4 Å².